The molecule has 0 radical (unpaired) electrons. The van der Waals surface area contributed by atoms with Gasteiger partial charge in [-0.3, -0.25) is 4.79 Å². The molecule has 1 amide bonds. The topological polar surface area (TPSA) is 68.0 Å². The van der Waals surface area contributed by atoms with Crippen LogP contribution >= 0.6 is 11.3 Å². The molecule has 112 valence electrons. The second kappa shape index (κ2) is 6.83. The number of hydrogen-bond donors (Lipinski definition) is 2. The minimum absolute atomic E-state index is 0.0762. The maximum Gasteiger partial charge on any atom is 0.242 e. The van der Waals surface area contributed by atoms with E-state index in [0.29, 0.717) is 0 Å². The van der Waals surface area contributed by atoms with Crippen molar-refractivity contribution in [1.82, 2.24) is 10.3 Å². The molecule has 21 heavy (non-hydrogen) atoms. The number of carbonyl (C=O) groups is 1. The van der Waals surface area contributed by atoms with Gasteiger partial charge in [0.15, 0.2) is 0 Å². The molecule has 3 N–H and O–H groups in total. The van der Waals surface area contributed by atoms with Crippen molar-refractivity contribution in [2.45, 2.75) is 39.3 Å². The summed E-state index contributed by atoms with van der Waals surface area (Å²) in [5, 5.41) is 5.91. The molecule has 1 heterocycles. The molecule has 0 fully saturated rings. The van der Waals surface area contributed by atoms with Crippen LogP contribution in [-0.4, -0.2) is 10.9 Å². The number of rotatable bonds is 5. The first-order chi connectivity index (χ1) is 10.0. The van der Waals surface area contributed by atoms with Crippen LogP contribution in [0.1, 0.15) is 47.3 Å². The predicted molar refractivity (Wildman–Crippen MR) is 86.1 cm³/mol. The molecular formula is C16H21N3OS. The molecule has 0 saturated carbocycles. The average molecular weight is 303 g/mol. The zero-order valence-electron chi connectivity index (χ0n) is 12.6. The van der Waals surface area contributed by atoms with Crippen LogP contribution in [-0.2, 0) is 4.79 Å². The summed E-state index contributed by atoms with van der Waals surface area (Å²) < 4.78 is 0. The molecule has 2 unspecified atom stereocenters. The Morgan fingerprint density at radius 1 is 1.33 bits per heavy atom. The molecule has 0 spiro atoms. The number of thiazole rings is 1. The first-order valence-corrected chi connectivity index (χ1v) is 7.93. The van der Waals surface area contributed by atoms with Crippen LogP contribution in [0, 0.1) is 13.8 Å². The first-order valence-electron chi connectivity index (χ1n) is 7.05. The van der Waals surface area contributed by atoms with Gasteiger partial charge in [0.05, 0.1) is 6.04 Å². The number of carbonyl (C=O) groups excluding carboxylic acids is 1. The van der Waals surface area contributed by atoms with Crippen molar-refractivity contribution in [3.63, 3.8) is 0 Å². The van der Waals surface area contributed by atoms with Gasteiger partial charge in [-0.15, -0.1) is 11.3 Å². The molecule has 2 aromatic rings. The number of aryl methyl sites for hydroxylation is 2. The van der Waals surface area contributed by atoms with Gasteiger partial charge in [-0.05, 0) is 25.8 Å². The van der Waals surface area contributed by atoms with E-state index in [-0.39, 0.29) is 11.9 Å². The fourth-order valence-electron chi connectivity index (χ4n) is 2.06. The van der Waals surface area contributed by atoms with Gasteiger partial charge in [-0.1, -0.05) is 36.8 Å². The summed E-state index contributed by atoms with van der Waals surface area (Å²) in [6.45, 7) is 5.99. The van der Waals surface area contributed by atoms with Crippen molar-refractivity contribution in [2.24, 2.45) is 5.73 Å². The lowest BCUT2D eigenvalue weighted by atomic mass is 10.0. The highest BCUT2D eigenvalue weighted by molar-refractivity contribution is 7.09. The Morgan fingerprint density at radius 2 is 2.00 bits per heavy atom. The largest absolute Gasteiger partial charge is 0.345 e. The second-order valence-corrected chi connectivity index (χ2v) is 6.07. The smallest absolute Gasteiger partial charge is 0.242 e. The molecule has 0 aliphatic rings. The summed E-state index contributed by atoms with van der Waals surface area (Å²) in [5.74, 6) is -0.168. The molecule has 2 atom stereocenters. The third-order valence-corrected chi connectivity index (χ3v) is 4.45. The van der Waals surface area contributed by atoms with E-state index in [1.165, 1.54) is 0 Å². The van der Waals surface area contributed by atoms with E-state index < -0.39 is 6.04 Å². The van der Waals surface area contributed by atoms with Crippen LogP contribution < -0.4 is 11.1 Å². The number of hydrogen-bond acceptors (Lipinski definition) is 4. The third kappa shape index (κ3) is 3.89. The van der Waals surface area contributed by atoms with Gasteiger partial charge in [0.1, 0.15) is 11.0 Å². The second-order valence-electron chi connectivity index (χ2n) is 5.18. The first kappa shape index (κ1) is 15.7. The van der Waals surface area contributed by atoms with Crippen LogP contribution in [0.2, 0.25) is 0 Å². The van der Waals surface area contributed by atoms with Gasteiger partial charge >= 0.3 is 0 Å². The number of amides is 1. The molecule has 0 aliphatic carbocycles. The molecule has 0 bridgehead atoms. The molecule has 0 aliphatic heterocycles. The van der Waals surface area contributed by atoms with E-state index in [1.807, 2.05) is 50.4 Å². The average Bonchev–Trinajstić information content (AvgIpc) is 2.91. The highest BCUT2D eigenvalue weighted by Gasteiger charge is 2.21. The lowest BCUT2D eigenvalue weighted by molar-refractivity contribution is -0.123. The Balaban J connectivity index is 2.07. The lowest BCUT2D eigenvalue weighted by Gasteiger charge is -2.18. The van der Waals surface area contributed by atoms with E-state index in [4.69, 9.17) is 5.73 Å². The standard InChI is InChI=1S/C16H21N3OS/c1-4-13(16-18-11(3)9-21-16)19-15(20)14(17)12-7-5-10(2)6-8-12/h5-9,13-14H,4,17H2,1-3H3,(H,19,20). The minimum atomic E-state index is -0.652. The van der Waals surface area contributed by atoms with E-state index >= 15 is 0 Å². The van der Waals surface area contributed by atoms with E-state index in [1.54, 1.807) is 11.3 Å². The molecule has 1 aromatic heterocycles. The van der Waals surface area contributed by atoms with Gasteiger partial charge in [0, 0.05) is 11.1 Å². The molecular weight excluding hydrogens is 282 g/mol. The van der Waals surface area contributed by atoms with E-state index in [9.17, 15) is 4.79 Å². The van der Waals surface area contributed by atoms with Crippen molar-refractivity contribution >= 4 is 17.2 Å². The van der Waals surface area contributed by atoms with Crippen LogP contribution in [0.25, 0.3) is 0 Å². The fourth-order valence-corrected chi connectivity index (χ4v) is 2.99. The lowest BCUT2D eigenvalue weighted by Crippen LogP contribution is -2.36. The van der Waals surface area contributed by atoms with Crippen LogP contribution in [0.3, 0.4) is 0 Å². The van der Waals surface area contributed by atoms with Crippen molar-refractivity contribution < 1.29 is 4.79 Å². The van der Waals surface area contributed by atoms with Crippen LogP contribution in [0.15, 0.2) is 29.6 Å². The molecule has 1 aromatic carbocycles. The Labute approximate surface area is 129 Å². The Morgan fingerprint density at radius 3 is 2.52 bits per heavy atom. The molecule has 0 saturated heterocycles. The van der Waals surface area contributed by atoms with Crippen molar-refractivity contribution in [3.05, 3.63) is 51.5 Å². The maximum atomic E-state index is 12.3. The number of nitrogens with two attached hydrogens (primary N) is 1. The zero-order valence-corrected chi connectivity index (χ0v) is 13.4. The van der Waals surface area contributed by atoms with Gasteiger partial charge in [0.25, 0.3) is 0 Å². The number of aromatic nitrogens is 1. The van der Waals surface area contributed by atoms with Crippen molar-refractivity contribution in [3.8, 4) is 0 Å². The number of nitrogens with one attached hydrogen (secondary N) is 1. The Kier molecular flexibility index (Phi) is 5.09. The molecule has 5 heteroatoms. The summed E-state index contributed by atoms with van der Waals surface area (Å²) in [6, 6.07) is 6.99. The van der Waals surface area contributed by atoms with Gasteiger partial charge in [-0.2, -0.15) is 0 Å². The Hall–Kier alpha value is -1.72. The fraction of sp³-hybridized carbons (Fsp3) is 0.375. The molecule has 4 nitrogen and oxygen atoms in total. The highest BCUT2D eigenvalue weighted by Crippen LogP contribution is 2.22. The monoisotopic (exact) mass is 303 g/mol. The van der Waals surface area contributed by atoms with E-state index in [2.05, 4.69) is 10.3 Å². The van der Waals surface area contributed by atoms with Crippen molar-refractivity contribution in [1.29, 1.82) is 0 Å². The van der Waals surface area contributed by atoms with Crippen LogP contribution in [0.4, 0.5) is 0 Å². The van der Waals surface area contributed by atoms with Gasteiger partial charge < -0.3 is 11.1 Å². The predicted octanol–water partition coefficient (Wildman–Crippen LogP) is 3.03. The quantitative estimate of drug-likeness (QED) is 0.892. The van der Waals surface area contributed by atoms with Crippen molar-refractivity contribution in [2.75, 3.05) is 0 Å². The van der Waals surface area contributed by atoms with Gasteiger partial charge in [0.2, 0.25) is 5.91 Å². The summed E-state index contributed by atoms with van der Waals surface area (Å²) in [5.41, 5.74) is 8.99. The summed E-state index contributed by atoms with van der Waals surface area (Å²) in [7, 11) is 0. The summed E-state index contributed by atoms with van der Waals surface area (Å²) >= 11 is 1.57. The summed E-state index contributed by atoms with van der Waals surface area (Å²) in [6.07, 6.45) is 0.791. The zero-order chi connectivity index (χ0) is 15.4. The Bertz CT molecular complexity index is 606. The SMILES string of the molecule is CCC(NC(=O)C(N)c1ccc(C)cc1)c1nc(C)cs1. The van der Waals surface area contributed by atoms with E-state index in [0.717, 1.165) is 28.2 Å². The molecule has 2 rings (SSSR count). The number of benzene rings is 1. The third-order valence-electron chi connectivity index (χ3n) is 3.38. The maximum absolute atomic E-state index is 12.3. The summed E-state index contributed by atoms with van der Waals surface area (Å²) in [4.78, 5) is 16.8. The highest BCUT2D eigenvalue weighted by atomic mass is 32.1. The minimum Gasteiger partial charge on any atom is -0.345 e. The normalized spacial score (nSPS) is 13.7. The van der Waals surface area contributed by atoms with Gasteiger partial charge in [-0.25, -0.2) is 4.98 Å². The van der Waals surface area contributed by atoms with Crippen LogP contribution in [0.5, 0.6) is 0 Å². The number of nitrogens with zero attached hydrogens (tertiary/aromatic N) is 1.